The first-order valence-corrected chi connectivity index (χ1v) is 8.43. The van der Waals surface area contributed by atoms with E-state index in [-0.39, 0.29) is 0 Å². The number of amides is 1. The number of hydrogen-bond acceptors (Lipinski definition) is 1. The molecule has 1 aliphatic heterocycles. The predicted octanol–water partition coefficient (Wildman–Crippen LogP) is 4.88. The molecule has 0 aromatic heterocycles. The average Bonchev–Trinajstić information content (AvgIpc) is 2.33. The van der Waals surface area contributed by atoms with Gasteiger partial charge in [-0.3, -0.25) is 4.79 Å². The molecule has 0 aromatic rings. The Labute approximate surface area is 126 Å². The lowest BCUT2D eigenvalue weighted by atomic mass is 9.63. The van der Waals surface area contributed by atoms with Crippen molar-refractivity contribution >= 4 is 5.91 Å². The lowest BCUT2D eigenvalue weighted by Crippen LogP contribution is -2.46. The molecular weight excluding hydrogens is 246 g/mol. The fourth-order valence-electron chi connectivity index (χ4n) is 2.99. The second-order valence-electron chi connectivity index (χ2n) is 8.33. The van der Waals surface area contributed by atoms with Crippen LogP contribution in [0.15, 0.2) is 0 Å². The molecule has 118 valence electrons. The van der Waals surface area contributed by atoms with Gasteiger partial charge in [0.05, 0.1) is 0 Å². The largest absolute Gasteiger partial charge is 0.343 e. The zero-order chi connectivity index (χ0) is 15.4. The van der Waals surface area contributed by atoms with Crippen LogP contribution in [0.1, 0.15) is 80.1 Å². The summed E-state index contributed by atoms with van der Waals surface area (Å²) in [7, 11) is 0. The molecule has 1 heterocycles. The number of rotatable bonds is 5. The normalized spacial score (nSPS) is 19.4. The van der Waals surface area contributed by atoms with Crippen LogP contribution in [0.3, 0.4) is 0 Å². The van der Waals surface area contributed by atoms with Crippen LogP contribution in [-0.4, -0.2) is 23.9 Å². The van der Waals surface area contributed by atoms with E-state index in [1.54, 1.807) is 0 Å². The summed E-state index contributed by atoms with van der Waals surface area (Å²) in [6.07, 6.45) is 6.54. The van der Waals surface area contributed by atoms with Gasteiger partial charge in [-0.1, -0.05) is 54.4 Å². The minimum absolute atomic E-state index is 0.333. The minimum Gasteiger partial charge on any atom is -0.343 e. The number of carbonyl (C=O) groups excluding carboxylic acids is 1. The highest BCUT2D eigenvalue weighted by Gasteiger charge is 2.40. The van der Waals surface area contributed by atoms with Gasteiger partial charge < -0.3 is 4.90 Å². The van der Waals surface area contributed by atoms with Gasteiger partial charge in [0.2, 0.25) is 5.91 Å². The summed E-state index contributed by atoms with van der Waals surface area (Å²) in [6, 6.07) is 0. The maximum Gasteiger partial charge on any atom is 0.222 e. The van der Waals surface area contributed by atoms with Crippen LogP contribution < -0.4 is 0 Å². The molecule has 2 nitrogen and oxygen atoms in total. The fraction of sp³-hybridized carbons (Fsp3) is 0.944. The Balaban J connectivity index is 2.32. The Morgan fingerprint density at radius 2 is 1.70 bits per heavy atom. The summed E-state index contributed by atoms with van der Waals surface area (Å²) in [5, 5.41) is 0. The third kappa shape index (κ3) is 4.79. The van der Waals surface area contributed by atoms with Crippen LogP contribution in [0.5, 0.6) is 0 Å². The van der Waals surface area contributed by atoms with Crippen LogP contribution in [-0.2, 0) is 4.79 Å². The summed E-state index contributed by atoms with van der Waals surface area (Å²) in [5.41, 5.74) is 0.709. The van der Waals surface area contributed by atoms with E-state index in [0.29, 0.717) is 16.7 Å². The second-order valence-corrected chi connectivity index (χ2v) is 8.33. The van der Waals surface area contributed by atoms with E-state index in [1.807, 2.05) is 0 Å². The molecule has 0 aromatic carbocycles. The van der Waals surface area contributed by atoms with E-state index in [4.69, 9.17) is 0 Å². The van der Waals surface area contributed by atoms with Gasteiger partial charge in [0.25, 0.3) is 0 Å². The molecule has 1 aliphatic rings. The van der Waals surface area contributed by atoms with Crippen molar-refractivity contribution in [3.8, 4) is 0 Å². The Morgan fingerprint density at radius 1 is 1.15 bits per heavy atom. The molecule has 1 amide bonds. The van der Waals surface area contributed by atoms with E-state index >= 15 is 0 Å². The summed E-state index contributed by atoms with van der Waals surface area (Å²) < 4.78 is 0. The fourth-order valence-corrected chi connectivity index (χ4v) is 2.99. The van der Waals surface area contributed by atoms with E-state index in [1.165, 1.54) is 12.8 Å². The predicted molar refractivity (Wildman–Crippen MR) is 86.7 cm³/mol. The topological polar surface area (TPSA) is 20.3 Å². The summed E-state index contributed by atoms with van der Waals surface area (Å²) in [6.45, 7) is 15.8. The van der Waals surface area contributed by atoms with E-state index in [0.717, 1.165) is 44.7 Å². The first-order valence-electron chi connectivity index (χ1n) is 8.43. The minimum atomic E-state index is 0.333. The number of nitrogens with zero attached hydrogens (tertiary/aromatic N) is 1. The first kappa shape index (κ1) is 17.5. The van der Waals surface area contributed by atoms with Gasteiger partial charge in [0, 0.05) is 19.5 Å². The molecule has 1 saturated heterocycles. The van der Waals surface area contributed by atoms with Crippen molar-refractivity contribution in [2.75, 3.05) is 13.1 Å². The summed E-state index contributed by atoms with van der Waals surface area (Å²) >= 11 is 0. The Kier molecular flexibility index (Phi) is 6.09. The summed E-state index contributed by atoms with van der Waals surface area (Å²) in [5.74, 6) is 1.14. The molecule has 0 saturated carbocycles. The number of likely N-dealkylation sites (tertiary alicyclic amines) is 1. The standard InChI is InChI=1S/C18H35NO/c1-15(2)9-7-8-10-16(20)19-13-11-18(6,12-14-19)17(3,4)5/h15H,7-14H2,1-6H3. The molecule has 2 heteroatoms. The molecule has 1 fully saturated rings. The Bertz CT molecular complexity index is 306. The van der Waals surface area contributed by atoms with Gasteiger partial charge in [-0.05, 0) is 36.0 Å². The SMILES string of the molecule is CC(C)CCCCC(=O)N1CCC(C)(C(C)(C)C)CC1. The van der Waals surface area contributed by atoms with Crippen molar-refractivity contribution in [2.45, 2.75) is 80.1 Å². The Morgan fingerprint density at radius 3 is 2.15 bits per heavy atom. The highest BCUT2D eigenvalue weighted by Crippen LogP contribution is 2.46. The zero-order valence-electron chi connectivity index (χ0n) is 14.6. The van der Waals surface area contributed by atoms with Crippen LogP contribution in [0, 0.1) is 16.7 Å². The third-order valence-electron chi connectivity index (χ3n) is 5.45. The van der Waals surface area contributed by atoms with E-state index < -0.39 is 0 Å². The van der Waals surface area contributed by atoms with Gasteiger partial charge in [-0.15, -0.1) is 0 Å². The van der Waals surface area contributed by atoms with Crippen molar-refractivity contribution in [3.05, 3.63) is 0 Å². The number of carbonyl (C=O) groups is 1. The summed E-state index contributed by atoms with van der Waals surface area (Å²) in [4.78, 5) is 14.3. The highest BCUT2D eigenvalue weighted by molar-refractivity contribution is 5.76. The molecule has 0 bridgehead atoms. The molecule has 1 rings (SSSR count). The van der Waals surface area contributed by atoms with Crippen LogP contribution >= 0.6 is 0 Å². The molecule has 0 atom stereocenters. The van der Waals surface area contributed by atoms with Crippen molar-refractivity contribution in [2.24, 2.45) is 16.7 Å². The quantitative estimate of drug-likeness (QED) is 0.658. The van der Waals surface area contributed by atoms with Crippen molar-refractivity contribution in [3.63, 3.8) is 0 Å². The molecule has 20 heavy (non-hydrogen) atoms. The molecule has 0 N–H and O–H groups in total. The molecule has 0 spiro atoms. The number of piperidine rings is 1. The van der Waals surface area contributed by atoms with Gasteiger partial charge in [0.1, 0.15) is 0 Å². The van der Waals surface area contributed by atoms with Crippen molar-refractivity contribution in [1.29, 1.82) is 0 Å². The van der Waals surface area contributed by atoms with Crippen molar-refractivity contribution < 1.29 is 4.79 Å². The molecule has 0 unspecified atom stereocenters. The number of hydrogen-bond donors (Lipinski definition) is 0. The lowest BCUT2D eigenvalue weighted by Gasteiger charge is -2.47. The zero-order valence-corrected chi connectivity index (χ0v) is 14.6. The van der Waals surface area contributed by atoms with Gasteiger partial charge in [-0.2, -0.15) is 0 Å². The maximum atomic E-state index is 12.2. The second kappa shape index (κ2) is 6.95. The lowest BCUT2D eigenvalue weighted by molar-refractivity contribution is -0.134. The van der Waals surface area contributed by atoms with Gasteiger partial charge in [-0.25, -0.2) is 0 Å². The van der Waals surface area contributed by atoms with Crippen molar-refractivity contribution in [1.82, 2.24) is 4.90 Å². The number of unbranched alkanes of at least 4 members (excludes halogenated alkanes) is 1. The van der Waals surface area contributed by atoms with Gasteiger partial charge in [0.15, 0.2) is 0 Å². The third-order valence-corrected chi connectivity index (χ3v) is 5.45. The highest BCUT2D eigenvalue weighted by atomic mass is 16.2. The van der Waals surface area contributed by atoms with Crippen LogP contribution in [0.4, 0.5) is 0 Å². The maximum absolute atomic E-state index is 12.2. The van der Waals surface area contributed by atoms with Crippen LogP contribution in [0.25, 0.3) is 0 Å². The molecular formula is C18H35NO. The molecule has 0 radical (unpaired) electrons. The average molecular weight is 281 g/mol. The van der Waals surface area contributed by atoms with E-state index in [2.05, 4.69) is 46.4 Å². The first-order chi connectivity index (χ1) is 9.16. The smallest absolute Gasteiger partial charge is 0.222 e. The Hall–Kier alpha value is -0.530. The van der Waals surface area contributed by atoms with Gasteiger partial charge >= 0.3 is 0 Å². The monoisotopic (exact) mass is 281 g/mol. The van der Waals surface area contributed by atoms with Crippen LogP contribution in [0.2, 0.25) is 0 Å². The van der Waals surface area contributed by atoms with E-state index in [9.17, 15) is 4.79 Å². The molecule has 0 aliphatic carbocycles.